The van der Waals surface area contributed by atoms with Crippen LogP contribution in [0.4, 0.5) is 0 Å². The summed E-state index contributed by atoms with van der Waals surface area (Å²) in [6, 6.07) is 3.06. The van der Waals surface area contributed by atoms with E-state index in [0.29, 0.717) is 11.5 Å². The second kappa shape index (κ2) is 5.32. The third-order valence-electron chi connectivity index (χ3n) is 4.64. The van der Waals surface area contributed by atoms with Crippen LogP contribution in [0.25, 0.3) is 0 Å². The van der Waals surface area contributed by atoms with Crippen LogP contribution >= 0.6 is 11.3 Å². The summed E-state index contributed by atoms with van der Waals surface area (Å²) in [6.07, 6.45) is 6.82. The van der Waals surface area contributed by atoms with E-state index in [9.17, 15) is 0 Å². The fourth-order valence-electron chi connectivity index (χ4n) is 2.93. The fraction of sp³-hybridized carbons (Fsp3) is 0.733. The van der Waals surface area contributed by atoms with Crippen molar-refractivity contribution in [2.75, 3.05) is 13.2 Å². The summed E-state index contributed by atoms with van der Waals surface area (Å²) in [5.74, 6) is 0. The third kappa shape index (κ3) is 2.79. The average molecular weight is 265 g/mol. The van der Waals surface area contributed by atoms with Crippen LogP contribution in [0.3, 0.4) is 0 Å². The molecule has 0 spiro atoms. The highest BCUT2D eigenvalue weighted by molar-refractivity contribution is 7.07. The Kier molecular flexibility index (Phi) is 3.73. The highest BCUT2D eigenvalue weighted by atomic mass is 32.1. The first kappa shape index (κ1) is 12.6. The lowest BCUT2D eigenvalue weighted by atomic mass is 9.76. The first-order valence-corrected chi connectivity index (χ1v) is 8.09. The Hall–Kier alpha value is -0.380. The van der Waals surface area contributed by atoms with Gasteiger partial charge in [0, 0.05) is 24.6 Å². The van der Waals surface area contributed by atoms with Crippen molar-refractivity contribution in [3.8, 4) is 0 Å². The molecule has 0 radical (unpaired) electrons. The van der Waals surface area contributed by atoms with Crippen molar-refractivity contribution in [2.24, 2.45) is 5.41 Å². The predicted octanol–water partition coefficient (Wildman–Crippen LogP) is 3.23. The summed E-state index contributed by atoms with van der Waals surface area (Å²) in [5, 5.41) is 8.18. The van der Waals surface area contributed by atoms with Crippen LogP contribution in [-0.2, 0) is 11.2 Å². The van der Waals surface area contributed by atoms with Gasteiger partial charge in [-0.1, -0.05) is 0 Å². The summed E-state index contributed by atoms with van der Waals surface area (Å²) in [7, 11) is 0. The Morgan fingerprint density at radius 1 is 1.50 bits per heavy atom. The second-order valence-corrected chi connectivity index (χ2v) is 6.69. The summed E-state index contributed by atoms with van der Waals surface area (Å²) < 4.78 is 5.85. The number of aryl methyl sites for hydroxylation is 1. The first-order chi connectivity index (χ1) is 8.78. The predicted molar refractivity (Wildman–Crippen MR) is 76.1 cm³/mol. The zero-order valence-electron chi connectivity index (χ0n) is 11.2. The topological polar surface area (TPSA) is 21.3 Å². The highest BCUT2D eigenvalue weighted by Crippen LogP contribution is 2.39. The number of hydrogen-bond donors (Lipinski definition) is 1. The van der Waals surface area contributed by atoms with Gasteiger partial charge in [0.2, 0.25) is 0 Å². The lowest BCUT2D eigenvalue weighted by Gasteiger charge is -2.32. The van der Waals surface area contributed by atoms with Crippen LogP contribution in [0.1, 0.15) is 38.2 Å². The van der Waals surface area contributed by atoms with Gasteiger partial charge in [-0.2, -0.15) is 11.3 Å². The van der Waals surface area contributed by atoms with Crippen LogP contribution in [0.5, 0.6) is 0 Å². The Morgan fingerprint density at radius 3 is 3.00 bits per heavy atom. The van der Waals surface area contributed by atoms with Crippen LogP contribution < -0.4 is 5.32 Å². The quantitative estimate of drug-likeness (QED) is 0.852. The highest BCUT2D eigenvalue weighted by Gasteiger charge is 2.41. The van der Waals surface area contributed by atoms with Gasteiger partial charge in [-0.05, 0) is 61.4 Å². The monoisotopic (exact) mass is 265 g/mol. The van der Waals surface area contributed by atoms with Crippen LogP contribution in [0.2, 0.25) is 0 Å². The van der Waals surface area contributed by atoms with Gasteiger partial charge in [-0.15, -0.1) is 0 Å². The van der Waals surface area contributed by atoms with Crippen molar-refractivity contribution < 1.29 is 4.74 Å². The molecule has 2 aliphatic rings. The molecule has 0 amide bonds. The van der Waals surface area contributed by atoms with Gasteiger partial charge in [0.15, 0.2) is 0 Å². The molecule has 1 N–H and O–H groups in total. The van der Waals surface area contributed by atoms with E-state index in [1.807, 2.05) is 0 Å². The molecule has 2 heterocycles. The lowest BCUT2D eigenvalue weighted by molar-refractivity contribution is 0.0584. The Labute approximate surface area is 114 Å². The smallest absolute Gasteiger partial charge is 0.0616 e. The largest absolute Gasteiger partial charge is 0.378 e. The molecule has 1 aromatic rings. The van der Waals surface area contributed by atoms with Gasteiger partial charge < -0.3 is 10.1 Å². The summed E-state index contributed by atoms with van der Waals surface area (Å²) in [6.45, 7) is 4.34. The maximum Gasteiger partial charge on any atom is 0.0616 e. The standard InChI is InChI=1S/C15H23NOS/c1-12-15(7-8-17-12,11-16-14-2-3-14)6-4-13-5-9-18-10-13/h5,9-10,12,14,16H,2-4,6-8,11H2,1H3. The first-order valence-electron chi connectivity index (χ1n) is 7.15. The minimum Gasteiger partial charge on any atom is -0.378 e. The maximum atomic E-state index is 5.85. The molecule has 3 rings (SSSR count). The molecule has 2 fully saturated rings. The molecule has 100 valence electrons. The molecule has 2 unspecified atom stereocenters. The molecule has 1 saturated heterocycles. The normalized spacial score (nSPS) is 31.9. The fourth-order valence-corrected chi connectivity index (χ4v) is 3.63. The van der Waals surface area contributed by atoms with E-state index in [1.54, 1.807) is 11.3 Å². The zero-order valence-corrected chi connectivity index (χ0v) is 12.0. The van der Waals surface area contributed by atoms with E-state index < -0.39 is 0 Å². The van der Waals surface area contributed by atoms with Gasteiger partial charge in [0.1, 0.15) is 0 Å². The molecule has 1 aliphatic carbocycles. The molecule has 3 heteroatoms. The minimum atomic E-state index is 0.366. The number of nitrogens with one attached hydrogen (secondary N) is 1. The molecule has 1 aromatic heterocycles. The van der Waals surface area contributed by atoms with Gasteiger partial charge in [-0.3, -0.25) is 0 Å². The summed E-state index contributed by atoms with van der Waals surface area (Å²) in [4.78, 5) is 0. The molecule has 0 aromatic carbocycles. The van der Waals surface area contributed by atoms with Crippen LogP contribution in [0, 0.1) is 5.41 Å². The molecule has 1 saturated carbocycles. The third-order valence-corrected chi connectivity index (χ3v) is 5.37. The molecule has 18 heavy (non-hydrogen) atoms. The van der Waals surface area contributed by atoms with Crippen molar-refractivity contribution in [3.63, 3.8) is 0 Å². The number of rotatable bonds is 6. The molecule has 2 atom stereocenters. The molecule has 0 bridgehead atoms. The average Bonchev–Trinajstić information content (AvgIpc) is 2.92. The van der Waals surface area contributed by atoms with Crippen molar-refractivity contribution in [3.05, 3.63) is 22.4 Å². The molecule has 2 nitrogen and oxygen atoms in total. The maximum absolute atomic E-state index is 5.85. The Bertz CT molecular complexity index is 374. The van der Waals surface area contributed by atoms with E-state index in [-0.39, 0.29) is 0 Å². The summed E-state index contributed by atoms with van der Waals surface area (Å²) >= 11 is 1.80. The van der Waals surface area contributed by atoms with Crippen molar-refractivity contribution in [1.29, 1.82) is 0 Å². The Morgan fingerprint density at radius 2 is 2.39 bits per heavy atom. The van der Waals surface area contributed by atoms with Crippen molar-refractivity contribution in [1.82, 2.24) is 5.32 Å². The van der Waals surface area contributed by atoms with E-state index in [2.05, 4.69) is 29.1 Å². The van der Waals surface area contributed by atoms with Crippen molar-refractivity contribution >= 4 is 11.3 Å². The number of ether oxygens (including phenoxy) is 1. The molecular formula is C15H23NOS. The molecule has 1 aliphatic heterocycles. The number of hydrogen-bond acceptors (Lipinski definition) is 3. The van der Waals surface area contributed by atoms with Gasteiger partial charge in [-0.25, -0.2) is 0 Å². The van der Waals surface area contributed by atoms with E-state index in [1.165, 1.54) is 37.7 Å². The van der Waals surface area contributed by atoms with Gasteiger partial charge >= 0.3 is 0 Å². The lowest BCUT2D eigenvalue weighted by Crippen LogP contribution is -2.40. The molecular weight excluding hydrogens is 242 g/mol. The number of thiophene rings is 1. The van der Waals surface area contributed by atoms with Gasteiger partial charge in [0.25, 0.3) is 0 Å². The van der Waals surface area contributed by atoms with Crippen LogP contribution in [-0.4, -0.2) is 25.3 Å². The van der Waals surface area contributed by atoms with E-state index in [0.717, 1.165) is 19.2 Å². The SMILES string of the molecule is CC1OCCC1(CCc1ccsc1)CNC1CC1. The minimum absolute atomic E-state index is 0.366. The summed E-state index contributed by atoms with van der Waals surface area (Å²) in [5.41, 5.74) is 1.86. The van der Waals surface area contributed by atoms with E-state index >= 15 is 0 Å². The van der Waals surface area contributed by atoms with Crippen LogP contribution in [0.15, 0.2) is 16.8 Å². The second-order valence-electron chi connectivity index (χ2n) is 5.91. The van der Waals surface area contributed by atoms with E-state index in [4.69, 9.17) is 4.74 Å². The zero-order chi connectivity index (χ0) is 12.4. The van der Waals surface area contributed by atoms with Gasteiger partial charge in [0.05, 0.1) is 6.10 Å². The Balaban J connectivity index is 1.60. The van der Waals surface area contributed by atoms with Crippen molar-refractivity contribution in [2.45, 2.75) is 51.2 Å².